The molecular weight excluding hydrogens is 118 g/mol. The number of carbonyl (C=O) groups excluding carboxylic acids is 1. The van der Waals surface area contributed by atoms with Crippen LogP contribution in [0.2, 0.25) is 0 Å². The molecule has 0 spiro atoms. The van der Waals surface area contributed by atoms with Crippen molar-refractivity contribution >= 4 is 12.1 Å². The van der Waals surface area contributed by atoms with Gasteiger partial charge in [-0.3, -0.25) is 4.79 Å². The molecule has 1 N–H and O–H groups in total. The number of rotatable bonds is 2. The second-order valence-corrected chi connectivity index (χ2v) is 1.73. The minimum Gasteiger partial charge on any atom is -0.470 e. The Kier molecular flexibility index (Phi) is 1.53. The monoisotopic (exact) mass is 125 g/mol. The van der Waals surface area contributed by atoms with Crippen LogP contribution >= 0.6 is 0 Å². The van der Waals surface area contributed by atoms with Gasteiger partial charge in [0, 0.05) is 5.56 Å². The molecule has 1 heterocycles. The third kappa shape index (κ3) is 1.10. The zero-order valence-electron chi connectivity index (χ0n) is 5.05. The van der Waals surface area contributed by atoms with Gasteiger partial charge in [-0.15, -0.1) is 0 Å². The lowest BCUT2D eigenvalue weighted by molar-refractivity contribution is -0.105. The lowest BCUT2D eigenvalue weighted by atomic mass is 10.3. The summed E-state index contributed by atoms with van der Waals surface area (Å²) in [6.07, 6.45) is 3.69. The van der Waals surface area contributed by atoms with Crippen molar-refractivity contribution in [3.05, 3.63) is 18.1 Å². The molecule has 0 saturated heterocycles. The van der Waals surface area contributed by atoms with Gasteiger partial charge in [0.05, 0.1) is 12.0 Å². The fourth-order valence-corrected chi connectivity index (χ4v) is 0.572. The van der Waals surface area contributed by atoms with Gasteiger partial charge in [-0.1, -0.05) is 0 Å². The largest absolute Gasteiger partial charge is 0.470 e. The van der Waals surface area contributed by atoms with Crippen LogP contribution in [0.3, 0.4) is 0 Å². The van der Waals surface area contributed by atoms with E-state index in [-0.39, 0.29) is 0 Å². The number of amides is 1. The predicted molar refractivity (Wildman–Crippen MR) is 33.1 cm³/mol. The van der Waals surface area contributed by atoms with E-state index in [4.69, 9.17) is 4.42 Å². The van der Waals surface area contributed by atoms with Gasteiger partial charge in [-0.25, -0.2) is 0 Å². The summed E-state index contributed by atoms with van der Waals surface area (Å²) in [5, 5.41) is 2.48. The van der Waals surface area contributed by atoms with Crippen LogP contribution in [0, 0.1) is 6.92 Å². The van der Waals surface area contributed by atoms with Gasteiger partial charge in [0.2, 0.25) is 6.41 Å². The van der Waals surface area contributed by atoms with Crippen molar-refractivity contribution in [3.63, 3.8) is 0 Å². The maximum absolute atomic E-state index is 9.87. The molecule has 1 aromatic rings. The quantitative estimate of drug-likeness (QED) is 0.602. The summed E-state index contributed by atoms with van der Waals surface area (Å²) in [7, 11) is 0. The van der Waals surface area contributed by atoms with Crippen molar-refractivity contribution in [2.24, 2.45) is 0 Å². The average Bonchev–Trinajstić information content (AvgIpc) is 2.18. The van der Waals surface area contributed by atoms with Crippen LogP contribution in [-0.2, 0) is 4.79 Å². The van der Waals surface area contributed by atoms with Gasteiger partial charge in [-0.2, -0.15) is 0 Å². The van der Waals surface area contributed by atoms with Crippen LogP contribution in [0.15, 0.2) is 16.9 Å². The second-order valence-electron chi connectivity index (χ2n) is 1.73. The van der Waals surface area contributed by atoms with Gasteiger partial charge >= 0.3 is 0 Å². The lowest BCUT2D eigenvalue weighted by Crippen LogP contribution is -1.92. The van der Waals surface area contributed by atoms with Gasteiger partial charge < -0.3 is 9.73 Å². The van der Waals surface area contributed by atoms with Gasteiger partial charge in [0.1, 0.15) is 6.26 Å². The summed E-state index contributed by atoms with van der Waals surface area (Å²) in [6, 6.07) is 0. The van der Waals surface area contributed by atoms with E-state index in [0.29, 0.717) is 6.41 Å². The molecular formula is C6H7NO2. The number of hydrogen-bond acceptors (Lipinski definition) is 2. The Morgan fingerprint density at radius 3 is 2.89 bits per heavy atom. The highest BCUT2D eigenvalue weighted by Crippen LogP contribution is 2.12. The van der Waals surface area contributed by atoms with Crippen molar-refractivity contribution in [1.82, 2.24) is 0 Å². The molecule has 0 aliphatic rings. The van der Waals surface area contributed by atoms with E-state index in [9.17, 15) is 4.79 Å². The molecule has 0 bridgehead atoms. The van der Waals surface area contributed by atoms with Gasteiger partial charge in [0.25, 0.3) is 0 Å². The highest BCUT2D eigenvalue weighted by atomic mass is 16.3. The van der Waals surface area contributed by atoms with Crippen molar-refractivity contribution in [2.45, 2.75) is 6.92 Å². The SMILES string of the molecule is Cc1cocc1NC=O. The molecule has 3 nitrogen and oxygen atoms in total. The number of nitrogens with one attached hydrogen (secondary N) is 1. The van der Waals surface area contributed by atoms with E-state index >= 15 is 0 Å². The van der Waals surface area contributed by atoms with Crippen molar-refractivity contribution < 1.29 is 9.21 Å². The van der Waals surface area contributed by atoms with Crippen LogP contribution in [-0.4, -0.2) is 6.41 Å². The Bertz CT molecular complexity index is 205. The highest BCUT2D eigenvalue weighted by molar-refractivity contribution is 5.72. The first kappa shape index (κ1) is 5.88. The average molecular weight is 125 g/mol. The minimum absolute atomic E-state index is 0.623. The molecule has 48 valence electrons. The van der Waals surface area contributed by atoms with Gasteiger partial charge in [0.15, 0.2) is 0 Å². The van der Waals surface area contributed by atoms with Crippen molar-refractivity contribution in [3.8, 4) is 0 Å². The Hall–Kier alpha value is -1.25. The molecule has 1 aromatic heterocycles. The summed E-state index contributed by atoms with van der Waals surface area (Å²) >= 11 is 0. The molecule has 0 radical (unpaired) electrons. The molecule has 9 heavy (non-hydrogen) atoms. The normalized spacial score (nSPS) is 9.00. The smallest absolute Gasteiger partial charge is 0.211 e. The third-order valence-corrected chi connectivity index (χ3v) is 1.07. The van der Waals surface area contributed by atoms with Crippen molar-refractivity contribution in [2.75, 3.05) is 5.32 Å². The molecule has 1 amide bonds. The minimum atomic E-state index is 0.623. The first-order valence-electron chi connectivity index (χ1n) is 2.57. The Morgan fingerprint density at radius 1 is 1.67 bits per heavy atom. The number of carbonyl (C=O) groups is 1. The van der Waals surface area contributed by atoms with Gasteiger partial charge in [-0.05, 0) is 6.92 Å². The summed E-state index contributed by atoms with van der Waals surface area (Å²) in [5.41, 5.74) is 1.66. The Balaban J connectivity index is 2.80. The third-order valence-electron chi connectivity index (χ3n) is 1.07. The van der Waals surface area contributed by atoms with Crippen LogP contribution in [0.5, 0.6) is 0 Å². The molecule has 0 unspecified atom stereocenters. The van der Waals surface area contributed by atoms with Crippen LogP contribution in [0.4, 0.5) is 5.69 Å². The predicted octanol–water partition coefficient (Wildman–Crippen LogP) is 1.16. The number of aryl methyl sites for hydroxylation is 1. The summed E-state index contributed by atoms with van der Waals surface area (Å²) < 4.78 is 4.78. The van der Waals surface area contributed by atoms with Crippen LogP contribution in [0.1, 0.15) is 5.56 Å². The van der Waals surface area contributed by atoms with Crippen molar-refractivity contribution in [1.29, 1.82) is 0 Å². The molecule has 0 atom stereocenters. The van der Waals surface area contributed by atoms with E-state index in [2.05, 4.69) is 5.32 Å². The standard InChI is InChI=1S/C6H7NO2/c1-5-2-9-3-6(5)7-4-8/h2-4H,1H3,(H,7,8). The maximum atomic E-state index is 9.87. The first-order valence-corrected chi connectivity index (χ1v) is 2.57. The zero-order valence-corrected chi connectivity index (χ0v) is 5.05. The molecule has 3 heteroatoms. The Labute approximate surface area is 52.7 Å². The van der Waals surface area contributed by atoms with Crippen LogP contribution in [0.25, 0.3) is 0 Å². The summed E-state index contributed by atoms with van der Waals surface area (Å²) in [4.78, 5) is 9.87. The lowest BCUT2D eigenvalue weighted by Gasteiger charge is -1.89. The second kappa shape index (κ2) is 2.35. The molecule has 0 saturated carbocycles. The molecule has 1 rings (SSSR count). The number of furan rings is 1. The molecule has 0 aliphatic carbocycles. The first-order chi connectivity index (χ1) is 4.34. The maximum Gasteiger partial charge on any atom is 0.211 e. The number of hydrogen-bond donors (Lipinski definition) is 1. The summed E-state index contributed by atoms with van der Waals surface area (Å²) in [5.74, 6) is 0. The topological polar surface area (TPSA) is 42.2 Å². The molecule has 0 aliphatic heterocycles. The summed E-state index contributed by atoms with van der Waals surface area (Å²) in [6.45, 7) is 1.86. The fourth-order valence-electron chi connectivity index (χ4n) is 0.572. The fraction of sp³-hybridized carbons (Fsp3) is 0.167. The molecule has 0 fully saturated rings. The van der Waals surface area contributed by atoms with E-state index in [1.807, 2.05) is 6.92 Å². The van der Waals surface area contributed by atoms with E-state index in [0.717, 1.165) is 11.3 Å². The molecule has 0 aromatic carbocycles. The Morgan fingerprint density at radius 2 is 2.44 bits per heavy atom. The number of anilines is 1. The highest BCUT2D eigenvalue weighted by Gasteiger charge is 1.95. The van der Waals surface area contributed by atoms with E-state index in [1.54, 1.807) is 6.26 Å². The van der Waals surface area contributed by atoms with E-state index in [1.165, 1.54) is 6.26 Å². The van der Waals surface area contributed by atoms with E-state index < -0.39 is 0 Å². The zero-order chi connectivity index (χ0) is 6.69. The van der Waals surface area contributed by atoms with Crippen LogP contribution < -0.4 is 5.32 Å².